The molecule has 1 saturated carbocycles. The average molecular weight is 365 g/mol. The molecule has 1 aliphatic carbocycles. The second-order valence-electron chi connectivity index (χ2n) is 7.94. The summed E-state index contributed by atoms with van der Waals surface area (Å²) in [5.74, 6) is 0. The number of carbonyl (C=O) groups is 1. The molecule has 3 heterocycles. The smallest absolute Gasteiger partial charge is 0.321 e. The Hall–Kier alpha value is -1.41. The van der Waals surface area contributed by atoms with Crippen LogP contribution in [0.4, 0.5) is 15.1 Å². The van der Waals surface area contributed by atoms with Gasteiger partial charge in [0.1, 0.15) is 0 Å². The van der Waals surface area contributed by atoms with Crippen LogP contribution in [0.15, 0.2) is 0 Å². The van der Waals surface area contributed by atoms with Crippen LogP contribution in [0.2, 0.25) is 0 Å². The number of aromatic nitrogens is 2. The third-order valence-electron chi connectivity index (χ3n) is 6.08. The van der Waals surface area contributed by atoms with Crippen LogP contribution in [0.1, 0.15) is 44.9 Å². The van der Waals surface area contributed by atoms with Gasteiger partial charge in [-0.15, -0.1) is 10.2 Å². The summed E-state index contributed by atoms with van der Waals surface area (Å²) in [6, 6.07) is 0.165. The summed E-state index contributed by atoms with van der Waals surface area (Å²) in [4.78, 5) is 16.8. The number of likely N-dealkylation sites (tertiary alicyclic amines) is 1. The maximum atomic E-state index is 12.1. The van der Waals surface area contributed by atoms with Gasteiger partial charge in [0.15, 0.2) is 0 Å². The predicted molar refractivity (Wildman–Crippen MR) is 100 cm³/mol. The first-order valence-corrected chi connectivity index (χ1v) is 10.3. The third-order valence-corrected chi connectivity index (χ3v) is 6.98. The summed E-state index contributed by atoms with van der Waals surface area (Å²) in [6.07, 6.45) is 8.37. The van der Waals surface area contributed by atoms with Crippen molar-refractivity contribution in [1.82, 2.24) is 20.4 Å². The van der Waals surface area contributed by atoms with Gasteiger partial charge in [-0.2, -0.15) is 0 Å². The lowest BCUT2D eigenvalue weighted by atomic mass is 9.78. The Balaban J connectivity index is 1.31. The topological polar surface area (TPSA) is 73.4 Å². The van der Waals surface area contributed by atoms with Crippen molar-refractivity contribution in [2.45, 2.75) is 51.0 Å². The molecule has 1 aromatic rings. The van der Waals surface area contributed by atoms with Gasteiger partial charge in [0, 0.05) is 19.1 Å². The molecule has 8 heteroatoms. The zero-order chi connectivity index (χ0) is 17.3. The minimum absolute atomic E-state index is 0.150. The molecular weight excluding hydrogens is 336 g/mol. The zero-order valence-corrected chi connectivity index (χ0v) is 15.8. The van der Waals surface area contributed by atoms with E-state index in [1.54, 1.807) is 0 Å². The fraction of sp³-hybridized carbons (Fsp3) is 0.824. The number of rotatable bonds is 3. The molecule has 2 saturated heterocycles. The fourth-order valence-corrected chi connectivity index (χ4v) is 5.15. The third kappa shape index (κ3) is 3.89. The van der Waals surface area contributed by atoms with E-state index < -0.39 is 0 Å². The Morgan fingerprint density at radius 3 is 2.64 bits per heavy atom. The lowest BCUT2D eigenvalue weighted by molar-refractivity contribution is 0.142. The van der Waals surface area contributed by atoms with Crippen molar-refractivity contribution in [3.63, 3.8) is 0 Å². The molecule has 7 nitrogen and oxygen atoms in total. The van der Waals surface area contributed by atoms with E-state index in [4.69, 9.17) is 0 Å². The number of hydrogen-bond donors (Lipinski definition) is 2. The number of amides is 2. The van der Waals surface area contributed by atoms with E-state index in [1.807, 2.05) is 0 Å². The van der Waals surface area contributed by atoms with Crippen LogP contribution >= 0.6 is 11.3 Å². The van der Waals surface area contributed by atoms with E-state index in [0.29, 0.717) is 16.6 Å². The van der Waals surface area contributed by atoms with Gasteiger partial charge in [0.25, 0.3) is 0 Å². The lowest BCUT2D eigenvalue weighted by Gasteiger charge is -2.37. The largest absolute Gasteiger partial charge is 0.346 e. The average Bonchev–Trinajstić information content (AvgIpc) is 3.32. The van der Waals surface area contributed by atoms with Crippen molar-refractivity contribution in [3.05, 3.63) is 0 Å². The summed E-state index contributed by atoms with van der Waals surface area (Å²) < 4.78 is 0. The van der Waals surface area contributed by atoms with Gasteiger partial charge in [0.05, 0.1) is 0 Å². The highest BCUT2D eigenvalue weighted by Crippen LogP contribution is 2.42. The summed E-state index contributed by atoms with van der Waals surface area (Å²) in [7, 11) is 2.21. The quantitative estimate of drug-likeness (QED) is 0.862. The van der Waals surface area contributed by atoms with Crippen LogP contribution in [0, 0.1) is 5.41 Å². The van der Waals surface area contributed by atoms with Crippen LogP contribution in [0.25, 0.3) is 0 Å². The number of anilines is 2. The van der Waals surface area contributed by atoms with Gasteiger partial charge in [0.2, 0.25) is 10.3 Å². The summed E-state index contributed by atoms with van der Waals surface area (Å²) in [5.41, 5.74) is 0.450. The highest BCUT2D eigenvalue weighted by molar-refractivity contribution is 7.19. The highest BCUT2D eigenvalue weighted by atomic mass is 32.1. The van der Waals surface area contributed by atoms with Gasteiger partial charge in [-0.05, 0) is 57.7 Å². The van der Waals surface area contributed by atoms with E-state index >= 15 is 0 Å². The SMILES string of the molecule is CN1CCC2(CC1)CCN(c1nnc(NC(=O)NC3CCCC3)s1)C2. The molecule has 0 atom stereocenters. The minimum atomic E-state index is -0.150. The van der Waals surface area contributed by atoms with Crippen molar-refractivity contribution in [3.8, 4) is 0 Å². The van der Waals surface area contributed by atoms with Crippen LogP contribution in [0.3, 0.4) is 0 Å². The monoisotopic (exact) mass is 364 g/mol. The van der Waals surface area contributed by atoms with Crippen LogP contribution < -0.4 is 15.5 Å². The number of urea groups is 1. The highest BCUT2D eigenvalue weighted by Gasteiger charge is 2.40. The van der Waals surface area contributed by atoms with E-state index in [0.717, 1.165) is 31.1 Å². The van der Waals surface area contributed by atoms with Crippen molar-refractivity contribution < 1.29 is 4.79 Å². The molecule has 3 fully saturated rings. The standard InChI is InChI=1S/C17H28N6OS/c1-22-9-6-17(7-10-22)8-11-23(12-17)16-21-20-15(25-16)19-14(24)18-13-4-2-3-5-13/h13H,2-12H2,1H3,(H2,18,19,20,24). The molecule has 4 rings (SSSR count). The minimum Gasteiger partial charge on any atom is -0.346 e. The molecule has 2 amide bonds. The van der Waals surface area contributed by atoms with Crippen molar-refractivity contribution in [1.29, 1.82) is 0 Å². The Bertz CT molecular complexity index is 606. The van der Waals surface area contributed by atoms with Gasteiger partial charge in [-0.1, -0.05) is 24.2 Å². The zero-order valence-electron chi connectivity index (χ0n) is 15.0. The van der Waals surface area contributed by atoms with Gasteiger partial charge >= 0.3 is 6.03 Å². The second-order valence-corrected chi connectivity index (χ2v) is 8.90. The number of hydrogen-bond acceptors (Lipinski definition) is 6. The predicted octanol–water partition coefficient (Wildman–Crippen LogP) is 2.52. The first-order chi connectivity index (χ1) is 12.1. The Morgan fingerprint density at radius 1 is 1.16 bits per heavy atom. The molecule has 0 bridgehead atoms. The first kappa shape index (κ1) is 17.0. The molecule has 3 aliphatic rings. The van der Waals surface area contributed by atoms with Crippen LogP contribution in [-0.2, 0) is 0 Å². The Morgan fingerprint density at radius 2 is 1.88 bits per heavy atom. The molecule has 138 valence electrons. The maximum absolute atomic E-state index is 12.1. The summed E-state index contributed by atoms with van der Waals surface area (Å²) in [6.45, 7) is 4.51. The fourth-order valence-electron chi connectivity index (χ4n) is 4.38. The number of piperidine rings is 1. The molecule has 0 aromatic carbocycles. The maximum Gasteiger partial charge on any atom is 0.321 e. The van der Waals surface area contributed by atoms with Gasteiger partial charge < -0.3 is 15.1 Å². The molecular formula is C17H28N6OS. The Kier molecular flexibility index (Phi) is 4.82. The molecule has 0 radical (unpaired) electrons. The van der Waals surface area contributed by atoms with Crippen LogP contribution in [0.5, 0.6) is 0 Å². The van der Waals surface area contributed by atoms with E-state index in [9.17, 15) is 4.79 Å². The molecule has 1 aromatic heterocycles. The number of nitrogens with zero attached hydrogens (tertiary/aromatic N) is 4. The second kappa shape index (κ2) is 7.07. The first-order valence-electron chi connectivity index (χ1n) is 9.46. The molecule has 2 N–H and O–H groups in total. The number of nitrogens with one attached hydrogen (secondary N) is 2. The molecule has 25 heavy (non-hydrogen) atoms. The van der Waals surface area contributed by atoms with Gasteiger partial charge in [-0.3, -0.25) is 5.32 Å². The summed E-state index contributed by atoms with van der Waals surface area (Å²) in [5, 5.41) is 15.9. The molecule has 2 aliphatic heterocycles. The van der Waals surface area contributed by atoms with Crippen LogP contribution in [-0.4, -0.2) is 60.4 Å². The van der Waals surface area contributed by atoms with Gasteiger partial charge in [-0.25, -0.2) is 4.79 Å². The Labute approximate surface area is 153 Å². The molecule has 0 unspecified atom stereocenters. The van der Waals surface area contributed by atoms with E-state index in [-0.39, 0.29) is 6.03 Å². The molecule has 1 spiro atoms. The van der Waals surface area contributed by atoms with E-state index in [2.05, 4.69) is 37.7 Å². The lowest BCUT2D eigenvalue weighted by Crippen LogP contribution is -2.39. The van der Waals surface area contributed by atoms with E-state index in [1.165, 1.54) is 56.5 Å². The van der Waals surface area contributed by atoms with Crippen molar-refractivity contribution in [2.24, 2.45) is 5.41 Å². The normalized spacial score (nSPS) is 24.1. The van der Waals surface area contributed by atoms with Crippen molar-refractivity contribution in [2.75, 3.05) is 43.4 Å². The number of carbonyl (C=O) groups excluding carboxylic acids is 1. The summed E-state index contributed by atoms with van der Waals surface area (Å²) >= 11 is 1.49. The van der Waals surface area contributed by atoms with Crippen molar-refractivity contribution >= 4 is 27.6 Å².